The highest BCUT2D eigenvalue weighted by Gasteiger charge is 2.29. The topological polar surface area (TPSA) is 6.48 Å². The Morgan fingerprint density at radius 1 is 0.274 bits per heavy atom. The maximum absolute atomic E-state index is 8.23. The molecule has 0 bridgehead atoms. The molecule has 73 heavy (non-hydrogen) atoms. The Labute approximate surface area is 439 Å². The summed E-state index contributed by atoms with van der Waals surface area (Å²) < 4.78 is 0. The van der Waals surface area contributed by atoms with Gasteiger partial charge in [-0.2, -0.15) is 0 Å². The molecule has 0 N–H and O–H groups in total. The first-order valence-corrected chi connectivity index (χ1v) is 26.3. The van der Waals surface area contributed by atoms with E-state index in [2.05, 4.69) is 293 Å². The van der Waals surface area contributed by atoms with Gasteiger partial charge in [0, 0.05) is 22.5 Å². The van der Waals surface area contributed by atoms with Crippen LogP contribution < -0.4 is 9.80 Å². The molecule has 0 amide bonds. The molecule has 0 saturated heterocycles. The minimum Gasteiger partial charge on any atom is -0.308 e. The van der Waals surface area contributed by atoms with Crippen LogP contribution in [0.2, 0.25) is 5.02 Å². The third-order valence-electron chi connectivity index (χ3n) is 14.8. The van der Waals surface area contributed by atoms with Crippen molar-refractivity contribution in [2.75, 3.05) is 9.80 Å². The molecule has 0 aliphatic heterocycles. The SMILES string of the molecule is CC(C)(C)c1ccc(N(c2ccc(C(C)(C)C)cc2-c2ccccc2)c2cccc(N(c3ccc(C(C)(C)C)cc3)c3ccc(C(C)(C)C)cc3-c3ccc4c5ccccc5c5ccccc5c4c3)c2Cl)cc1. The first kappa shape index (κ1) is 49.4. The Morgan fingerprint density at radius 2 is 0.630 bits per heavy atom. The van der Waals surface area contributed by atoms with Gasteiger partial charge in [0.25, 0.3) is 0 Å². The predicted molar refractivity (Wildman–Crippen MR) is 319 cm³/mol. The molecule has 0 unspecified atom stereocenters. The molecular formula is C70H69ClN2. The average Bonchev–Trinajstić information content (AvgIpc) is 3.37. The molecule has 0 aliphatic rings. The lowest BCUT2D eigenvalue weighted by molar-refractivity contribution is 0.590. The number of halogens is 1. The Hall–Kier alpha value is -7.13. The van der Waals surface area contributed by atoms with Crippen LogP contribution in [0.4, 0.5) is 34.1 Å². The summed E-state index contributed by atoms with van der Waals surface area (Å²) in [4.78, 5) is 4.76. The third kappa shape index (κ3) is 9.55. The van der Waals surface area contributed by atoms with Gasteiger partial charge in [-0.05, 0) is 154 Å². The largest absolute Gasteiger partial charge is 0.308 e. The van der Waals surface area contributed by atoms with Crippen LogP contribution in [0.5, 0.6) is 0 Å². The third-order valence-corrected chi connectivity index (χ3v) is 15.2. The minimum absolute atomic E-state index is 0.0142. The maximum atomic E-state index is 8.23. The highest BCUT2D eigenvalue weighted by Crippen LogP contribution is 2.52. The van der Waals surface area contributed by atoms with Gasteiger partial charge < -0.3 is 9.80 Å². The zero-order valence-electron chi connectivity index (χ0n) is 44.8. The van der Waals surface area contributed by atoms with Crippen LogP contribution in [0, 0.1) is 0 Å². The number of benzene rings is 10. The number of fused-ring (bicyclic) bond motifs is 6. The zero-order chi connectivity index (χ0) is 51.6. The van der Waals surface area contributed by atoms with E-state index in [0.717, 1.165) is 56.4 Å². The Balaban J connectivity index is 1.25. The van der Waals surface area contributed by atoms with Gasteiger partial charge >= 0.3 is 0 Å². The van der Waals surface area contributed by atoms with Gasteiger partial charge in [-0.3, -0.25) is 0 Å². The summed E-state index contributed by atoms with van der Waals surface area (Å²) in [6.45, 7) is 27.4. The summed E-state index contributed by atoms with van der Waals surface area (Å²) in [7, 11) is 0. The fourth-order valence-corrected chi connectivity index (χ4v) is 10.7. The lowest BCUT2D eigenvalue weighted by atomic mass is 9.84. The summed E-state index contributed by atoms with van der Waals surface area (Å²) >= 11 is 8.23. The van der Waals surface area contributed by atoms with Crippen LogP contribution in [0.25, 0.3) is 54.6 Å². The lowest BCUT2D eigenvalue weighted by Crippen LogP contribution is -2.18. The van der Waals surface area contributed by atoms with Crippen LogP contribution in [0.15, 0.2) is 200 Å². The lowest BCUT2D eigenvalue weighted by Gasteiger charge is -2.34. The van der Waals surface area contributed by atoms with Crippen molar-refractivity contribution in [3.05, 3.63) is 227 Å². The predicted octanol–water partition coefficient (Wildman–Crippen LogP) is 21.3. The second kappa shape index (κ2) is 18.7. The van der Waals surface area contributed by atoms with Crippen molar-refractivity contribution in [3.8, 4) is 22.3 Å². The van der Waals surface area contributed by atoms with Crippen LogP contribution in [-0.4, -0.2) is 0 Å². The molecule has 366 valence electrons. The molecule has 10 aromatic rings. The Kier molecular flexibility index (Phi) is 12.7. The Bertz CT molecular complexity index is 3620. The summed E-state index contributed by atoms with van der Waals surface area (Å²) in [6.07, 6.45) is 0. The van der Waals surface area contributed by atoms with E-state index in [1.165, 1.54) is 54.6 Å². The second-order valence-corrected chi connectivity index (χ2v) is 24.4. The molecule has 0 spiro atoms. The molecule has 2 nitrogen and oxygen atoms in total. The fraction of sp³-hybridized carbons (Fsp3) is 0.229. The normalized spacial score (nSPS) is 12.5. The van der Waals surface area contributed by atoms with Gasteiger partial charge in [0.05, 0.1) is 27.8 Å². The summed E-state index contributed by atoms with van der Waals surface area (Å²) in [6, 6.07) is 74.2. The number of nitrogens with zero attached hydrogens (tertiary/aromatic N) is 2. The summed E-state index contributed by atoms with van der Waals surface area (Å²) in [5.74, 6) is 0. The van der Waals surface area contributed by atoms with Crippen molar-refractivity contribution < 1.29 is 0 Å². The van der Waals surface area contributed by atoms with Gasteiger partial charge in [0.15, 0.2) is 0 Å². The van der Waals surface area contributed by atoms with E-state index in [9.17, 15) is 0 Å². The van der Waals surface area contributed by atoms with Gasteiger partial charge in [-0.15, -0.1) is 0 Å². The van der Waals surface area contributed by atoms with Crippen molar-refractivity contribution in [3.63, 3.8) is 0 Å². The first-order chi connectivity index (χ1) is 34.7. The van der Waals surface area contributed by atoms with E-state index in [0.29, 0.717) is 5.02 Å². The van der Waals surface area contributed by atoms with E-state index in [1.807, 2.05) is 0 Å². The first-order valence-electron chi connectivity index (χ1n) is 25.9. The molecule has 0 aliphatic carbocycles. The van der Waals surface area contributed by atoms with Crippen molar-refractivity contribution in [1.82, 2.24) is 0 Å². The molecule has 10 rings (SSSR count). The highest BCUT2D eigenvalue weighted by atomic mass is 35.5. The number of hydrogen-bond acceptors (Lipinski definition) is 2. The molecule has 3 heteroatoms. The van der Waals surface area contributed by atoms with E-state index < -0.39 is 0 Å². The minimum atomic E-state index is -0.105. The molecule has 0 saturated carbocycles. The van der Waals surface area contributed by atoms with E-state index in [-0.39, 0.29) is 21.7 Å². The van der Waals surface area contributed by atoms with Gasteiger partial charge in [0.1, 0.15) is 0 Å². The quantitative estimate of drug-likeness (QED) is 0.140. The van der Waals surface area contributed by atoms with Gasteiger partial charge in [-0.25, -0.2) is 0 Å². The zero-order valence-corrected chi connectivity index (χ0v) is 45.6. The van der Waals surface area contributed by atoms with E-state index in [4.69, 9.17) is 11.6 Å². The average molecular weight is 974 g/mol. The molecule has 10 aromatic carbocycles. The molecule has 0 heterocycles. The van der Waals surface area contributed by atoms with Crippen molar-refractivity contribution in [2.24, 2.45) is 0 Å². The fourth-order valence-electron chi connectivity index (χ4n) is 10.4. The van der Waals surface area contributed by atoms with Crippen molar-refractivity contribution in [2.45, 2.75) is 105 Å². The smallest absolute Gasteiger partial charge is 0.0887 e. The molecule has 0 atom stereocenters. The molecule has 0 aromatic heterocycles. The van der Waals surface area contributed by atoms with Crippen LogP contribution in [0.1, 0.15) is 105 Å². The summed E-state index contributed by atoms with van der Waals surface area (Å²) in [5, 5.41) is 8.17. The monoisotopic (exact) mass is 973 g/mol. The number of hydrogen-bond donors (Lipinski definition) is 0. The Morgan fingerprint density at radius 3 is 1.04 bits per heavy atom. The van der Waals surface area contributed by atoms with E-state index >= 15 is 0 Å². The number of anilines is 6. The van der Waals surface area contributed by atoms with Crippen LogP contribution in [0.3, 0.4) is 0 Å². The second-order valence-electron chi connectivity index (χ2n) is 24.1. The molecule has 0 fully saturated rings. The van der Waals surface area contributed by atoms with Gasteiger partial charge in [-0.1, -0.05) is 228 Å². The van der Waals surface area contributed by atoms with E-state index in [1.54, 1.807) is 0 Å². The van der Waals surface area contributed by atoms with Crippen LogP contribution >= 0.6 is 11.6 Å². The molecule has 0 radical (unpaired) electrons. The van der Waals surface area contributed by atoms with Crippen molar-refractivity contribution >= 4 is 78.0 Å². The van der Waals surface area contributed by atoms with Gasteiger partial charge in [0.2, 0.25) is 0 Å². The number of rotatable bonds is 8. The standard InChI is InChI=1S/C70H69ClN2/c1-67(2,3)48-30-36-52(37-31-48)72(62-41-34-50(69(7,8)9)44-59(62)46-21-14-13-15-22-46)64-27-20-28-65(66(64)71)73(53-38-32-49(33-39-53)68(4,5)6)63-42-35-51(70(10,11)12)45-60(63)47-29-40-58-56-25-17-16-23-54(56)55-24-18-19-26-57(55)61(58)43-47/h13-45H,1-12H3. The summed E-state index contributed by atoms with van der Waals surface area (Å²) in [5.41, 5.74) is 15.3. The maximum Gasteiger partial charge on any atom is 0.0887 e. The van der Waals surface area contributed by atoms with Crippen LogP contribution in [-0.2, 0) is 21.7 Å². The highest BCUT2D eigenvalue weighted by molar-refractivity contribution is 6.37. The van der Waals surface area contributed by atoms with Crippen molar-refractivity contribution in [1.29, 1.82) is 0 Å². The molecular weight excluding hydrogens is 904 g/mol.